The van der Waals surface area contributed by atoms with Crippen molar-refractivity contribution >= 4 is 17.5 Å². The largest absolute Gasteiger partial charge is 0.497 e. The van der Waals surface area contributed by atoms with E-state index < -0.39 is 28.7 Å². The number of carbonyl (C=O) groups is 1. The van der Waals surface area contributed by atoms with E-state index in [1.165, 1.54) is 12.1 Å². The third kappa shape index (κ3) is 5.48. The molecule has 1 unspecified atom stereocenters. The fourth-order valence-electron chi connectivity index (χ4n) is 5.32. The first-order valence-corrected chi connectivity index (χ1v) is 12.5. The van der Waals surface area contributed by atoms with Crippen LogP contribution in [0.5, 0.6) is 5.75 Å². The lowest BCUT2D eigenvalue weighted by Crippen LogP contribution is -2.53. The van der Waals surface area contributed by atoms with E-state index >= 15 is 0 Å². The van der Waals surface area contributed by atoms with Crippen LogP contribution in [0.15, 0.2) is 66.7 Å². The van der Waals surface area contributed by atoms with Gasteiger partial charge in [-0.3, -0.25) is 4.79 Å². The molecule has 0 heterocycles. The number of likely N-dealkylation sites (N-methyl/N-ethyl adjacent to an activating group) is 1. The van der Waals surface area contributed by atoms with Crippen LogP contribution in [0.3, 0.4) is 0 Å². The van der Waals surface area contributed by atoms with Crippen molar-refractivity contribution in [3.05, 3.63) is 88.4 Å². The Balaban J connectivity index is 1.72. The van der Waals surface area contributed by atoms with Crippen molar-refractivity contribution < 1.29 is 22.7 Å². The lowest BCUT2D eigenvalue weighted by atomic mass is 9.81. The third-order valence-corrected chi connectivity index (χ3v) is 7.78. The highest BCUT2D eigenvalue weighted by Crippen LogP contribution is 2.44. The monoisotopic (exact) mass is 530 g/mol. The Kier molecular flexibility index (Phi) is 7.85. The van der Waals surface area contributed by atoms with Crippen LogP contribution in [0.1, 0.15) is 53.2 Å². The first-order valence-electron chi connectivity index (χ1n) is 12.2. The minimum Gasteiger partial charge on any atom is -0.497 e. The average Bonchev–Trinajstić information content (AvgIpc) is 3.38. The minimum absolute atomic E-state index is 0.193. The molecule has 1 aliphatic rings. The van der Waals surface area contributed by atoms with Gasteiger partial charge >= 0.3 is 6.18 Å². The van der Waals surface area contributed by atoms with Gasteiger partial charge in [-0.25, -0.2) is 0 Å². The number of ether oxygens (including phenoxy) is 1. The number of amides is 1. The molecule has 1 N–H and O–H groups in total. The molecule has 1 amide bonds. The Bertz CT molecular complexity index is 1250. The molecule has 37 heavy (non-hydrogen) atoms. The Hall–Kier alpha value is -3.03. The van der Waals surface area contributed by atoms with E-state index in [1.807, 2.05) is 62.6 Å². The summed E-state index contributed by atoms with van der Waals surface area (Å²) >= 11 is 6.09. The van der Waals surface area contributed by atoms with Gasteiger partial charge in [0.15, 0.2) is 0 Å². The number of nitrogens with zero attached hydrogens (tertiary/aromatic N) is 1. The highest BCUT2D eigenvalue weighted by Gasteiger charge is 2.45. The van der Waals surface area contributed by atoms with E-state index in [0.717, 1.165) is 54.2 Å². The molecule has 196 valence electrons. The molecule has 0 aliphatic heterocycles. The van der Waals surface area contributed by atoms with E-state index in [9.17, 15) is 18.0 Å². The highest BCUT2D eigenvalue weighted by atomic mass is 35.5. The summed E-state index contributed by atoms with van der Waals surface area (Å²) in [6.07, 6.45) is -0.968. The van der Waals surface area contributed by atoms with Crippen LogP contribution in [0.2, 0.25) is 5.02 Å². The van der Waals surface area contributed by atoms with Gasteiger partial charge in [0.25, 0.3) is 5.91 Å². The number of benzene rings is 3. The zero-order valence-electron chi connectivity index (χ0n) is 21.0. The maximum atomic E-state index is 13.4. The number of nitrogens with one attached hydrogen (secondary N) is 1. The van der Waals surface area contributed by atoms with Crippen molar-refractivity contribution in [3.63, 3.8) is 0 Å². The number of hydrogen-bond acceptors (Lipinski definition) is 3. The topological polar surface area (TPSA) is 41.6 Å². The maximum Gasteiger partial charge on any atom is 0.417 e. The lowest BCUT2D eigenvalue weighted by molar-refractivity contribution is -0.137. The molecule has 4 rings (SSSR count). The maximum absolute atomic E-state index is 13.4. The van der Waals surface area contributed by atoms with Gasteiger partial charge in [0, 0.05) is 5.54 Å². The SMILES string of the molecule is COc1cccc(-c2ccc(C(NC(=O)c3cccc(C(F)(F)F)c3Cl)C3(N(C)C)CCCC3)cc2)c1. The van der Waals surface area contributed by atoms with Gasteiger partial charge in [0.05, 0.1) is 29.3 Å². The molecular weight excluding hydrogens is 501 g/mol. The van der Waals surface area contributed by atoms with E-state index in [2.05, 4.69) is 10.2 Å². The fourth-order valence-corrected chi connectivity index (χ4v) is 5.63. The summed E-state index contributed by atoms with van der Waals surface area (Å²) in [6.45, 7) is 0. The fraction of sp³-hybridized carbons (Fsp3) is 0.345. The summed E-state index contributed by atoms with van der Waals surface area (Å²) in [7, 11) is 5.58. The summed E-state index contributed by atoms with van der Waals surface area (Å²) in [5.74, 6) is 0.119. The standard InChI is InChI=1S/C29H30ClF3N2O2/c1-35(2)28(16-4-5-17-28)26(34-27(36)23-10-7-11-24(25(23)30)29(31,32)33)20-14-12-19(13-15-20)21-8-6-9-22(18-21)37-3/h6-15,18,26H,4-5,16-17H2,1-3H3,(H,34,36). The number of rotatable bonds is 7. The molecule has 3 aromatic rings. The second-order valence-corrected chi connectivity index (χ2v) is 10.0. The van der Waals surface area contributed by atoms with Gasteiger partial charge in [-0.05, 0) is 67.9 Å². The number of carbonyl (C=O) groups excluding carboxylic acids is 1. The number of alkyl halides is 3. The normalized spacial score (nSPS) is 16.0. The van der Waals surface area contributed by atoms with Crippen molar-refractivity contribution in [2.24, 2.45) is 0 Å². The van der Waals surface area contributed by atoms with Gasteiger partial charge < -0.3 is 15.0 Å². The van der Waals surface area contributed by atoms with E-state index in [-0.39, 0.29) is 11.1 Å². The van der Waals surface area contributed by atoms with Crippen LogP contribution in [0.4, 0.5) is 13.2 Å². The molecule has 1 saturated carbocycles. The molecule has 0 spiro atoms. The first-order chi connectivity index (χ1) is 17.6. The second-order valence-electron chi connectivity index (χ2n) is 9.63. The summed E-state index contributed by atoms with van der Waals surface area (Å²) in [4.78, 5) is 15.5. The third-order valence-electron chi connectivity index (χ3n) is 7.37. The lowest BCUT2D eigenvalue weighted by Gasteiger charge is -2.44. The smallest absolute Gasteiger partial charge is 0.417 e. The van der Waals surface area contributed by atoms with Crippen LogP contribution in [-0.2, 0) is 6.18 Å². The summed E-state index contributed by atoms with van der Waals surface area (Å²) in [6, 6.07) is 18.6. The van der Waals surface area contributed by atoms with Crippen molar-refractivity contribution in [1.82, 2.24) is 10.2 Å². The predicted molar refractivity (Wildman–Crippen MR) is 140 cm³/mol. The number of methoxy groups -OCH3 is 1. The van der Waals surface area contributed by atoms with E-state index in [1.54, 1.807) is 7.11 Å². The first kappa shape index (κ1) is 27.0. The molecule has 8 heteroatoms. The quantitative estimate of drug-likeness (QED) is 0.346. The number of hydrogen-bond donors (Lipinski definition) is 1. The van der Waals surface area contributed by atoms with Gasteiger partial charge in [0.1, 0.15) is 5.75 Å². The molecule has 1 aliphatic carbocycles. The van der Waals surface area contributed by atoms with Crippen LogP contribution < -0.4 is 10.1 Å². The molecule has 0 bridgehead atoms. The molecule has 4 nitrogen and oxygen atoms in total. The van der Waals surface area contributed by atoms with Gasteiger partial charge in [-0.2, -0.15) is 13.2 Å². The molecule has 1 fully saturated rings. The predicted octanol–water partition coefficient (Wildman–Crippen LogP) is 7.38. The zero-order chi connectivity index (χ0) is 26.8. The Morgan fingerprint density at radius 1 is 1.00 bits per heavy atom. The average molecular weight is 531 g/mol. The van der Waals surface area contributed by atoms with Crippen LogP contribution in [-0.4, -0.2) is 37.6 Å². The van der Waals surface area contributed by atoms with Gasteiger partial charge in [-0.15, -0.1) is 0 Å². The second kappa shape index (κ2) is 10.8. The zero-order valence-corrected chi connectivity index (χ0v) is 21.8. The Morgan fingerprint density at radius 2 is 1.65 bits per heavy atom. The van der Waals surface area contributed by atoms with E-state index in [0.29, 0.717) is 0 Å². The van der Waals surface area contributed by atoms with Gasteiger partial charge in [0.2, 0.25) is 0 Å². The highest BCUT2D eigenvalue weighted by molar-refractivity contribution is 6.34. The van der Waals surface area contributed by atoms with Crippen molar-refractivity contribution in [3.8, 4) is 16.9 Å². The molecule has 3 aromatic carbocycles. The Morgan fingerprint density at radius 3 is 2.24 bits per heavy atom. The van der Waals surface area contributed by atoms with E-state index in [4.69, 9.17) is 16.3 Å². The summed E-state index contributed by atoms with van der Waals surface area (Å²) < 4.78 is 45.6. The summed E-state index contributed by atoms with van der Waals surface area (Å²) in [5.41, 5.74) is 1.25. The van der Waals surface area contributed by atoms with Crippen LogP contribution in [0.25, 0.3) is 11.1 Å². The van der Waals surface area contributed by atoms with Crippen LogP contribution in [0, 0.1) is 0 Å². The molecule has 1 atom stereocenters. The molecule has 0 aromatic heterocycles. The minimum atomic E-state index is -4.65. The molecule has 0 radical (unpaired) electrons. The van der Waals surface area contributed by atoms with Crippen molar-refractivity contribution in [2.75, 3.05) is 21.2 Å². The van der Waals surface area contributed by atoms with Crippen molar-refractivity contribution in [1.29, 1.82) is 0 Å². The van der Waals surface area contributed by atoms with Crippen LogP contribution >= 0.6 is 11.6 Å². The van der Waals surface area contributed by atoms with Gasteiger partial charge in [-0.1, -0.05) is 66.9 Å². The Labute approximate surface area is 220 Å². The summed E-state index contributed by atoms with van der Waals surface area (Å²) in [5, 5.41) is 2.47. The number of halogens is 4. The molecular formula is C29H30ClF3N2O2. The molecule has 0 saturated heterocycles. The van der Waals surface area contributed by atoms with Crippen molar-refractivity contribution in [2.45, 2.75) is 43.4 Å².